The van der Waals surface area contributed by atoms with Gasteiger partial charge in [0.2, 0.25) is 5.91 Å². The van der Waals surface area contributed by atoms with Crippen LogP contribution in [-0.2, 0) is 4.79 Å². The predicted molar refractivity (Wildman–Crippen MR) is 83.9 cm³/mol. The summed E-state index contributed by atoms with van der Waals surface area (Å²) in [4.78, 5) is 12.5. The van der Waals surface area contributed by atoms with Crippen molar-refractivity contribution in [3.63, 3.8) is 0 Å². The lowest BCUT2D eigenvalue weighted by atomic mass is 9.90. The number of amides is 1. The van der Waals surface area contributed by atoms with Gasteiger partial charge in [-0.1, -0.05) is 18.2 Å². The van der Waals surface area contributed by atoms with E-state index in [4.69, 9.17) is 4.74 Å². The van der Waals surface area contributed by atoms with Crippen molar-refractivity contribution >= 4 is 17.3 Å². The third kappa shape index (κ3) is 2.84. The average Bonchev–Trinajstić information content (AvgIpc) is 2.55. The smallest absolute Gasteiger partial charge is 0.232 e. The number of hydrogen-bond acceptors (Lipinski definition) is 3. The summed E-state index contributed by atoms with van der Waals surface area (Å²) in [5.74, 6) is 0.707. The molecule has 1 aliphatic heterocycles. The van der Waals surface area contributed by atoms with Gasteiger partial charge in [0.15, 0.2) is 0 Å². The van der Waals surface area contributed by atoms with Crippen LogP contribution in [0.2, 0.25) is 0 Å². The Morgan fingerprint density at radius 2 is 1.95 bits per heavy atom. The SMILES string of the molecule is COc1ccc(NC(=O)C2CCNc3ccccc32)cc1. The lowest BCUT2D eigenvalue weighted by Crippen LogP contribution is -2.27. The number of rotatable bonds is 3. The molecule has 2 aromatic rings. The molecule has 21 heavy (non-hydrogen) atoms. The van der Waals surface area contributed by atoms with E-state index in [1.165, 1.54) is 0 Å². The van der Waals surface area contributed by atoms with Crippen LogP contribution in [0.4, 0.5) is 11.4 Å². The number of carbonyl (C=O) groups is 1. The molecule has 1 unspecified atom stereocenters. The van der Waals surface area contributed by atoms with Crippen molar-refractivity contribution in [1.29, 1.82) is 0 Å². The van der Waals surface area contributed by atoms with Gasteiger partial charge in [0.1, 0.15) is 5.75 Å². The Bertz CT molecular complexity index is 637. The Balaban J connectivity index is 1.76. The lowest BCUT2D eigenvalue weighted by Gasteiger charge is -2.25. The molecule has 0 fully saturated rings. The van der Waals surface area contributed by atoms with Crippen molar-refractivity contribution in [3.05, 3.63) is 54.1 Å². The van der Waals surface area contributed by atoms with Crippen LogP contribution in [0.25, 0.3) is 0 Å². The molecule has 1 atom stereocenters. The molecule has 0 aliphatic carbocycles. The number of carbonyl (C=O) groups excluding carboxylic acids is 1. The summed E-state index contributed by atoms with van der Waals surface area (Å²) in [6.07, 6.45) is 0.805. The Kier molecular flexibility index (Phi) is 3.77. The van der Waals surface area contributed by atoms with E-state index in [2.05, 4.69) is 10.6 Å². The Morgan fingerprint density at radius 3 is 2.71 bits per heavy atom. The van der Waals surface area contributed by atoms with Crippen molar-refractivity contribution in [2.24, 2.45) is 0 Å². The molecule has 0 radical (unpaired) electrons. The number of benzene rings is 2. The number of methoxy groups -OCH3 is 1. The number of anilines is 2. The third-order valence-electron chi connectivity index (χ3n) is 3.76. The first kappa shape index (κ1) is 13.5. The summed E-state index contributed by atoms with van der Waals surface area (Å²) in [7, 11) is 1.62. The first-order chi connectivity index (χ1) is 10.3. The van der Waals surface area contributed by atoms with E-state index >= 15 is 0 Å². The van der Waals surface area contributed by atoms with Crippen LogP contribution in [0.1, 0.15) is 17.9 Å². The normalized spacial score (nSPS) is 16.5. The topological polar surface area (TPSA) is 50.4 Å². The van der Waals surface area contributed by atoms with Gasteiger partial charge in [-0.3, -0.25) is 4.79 Å². The lowest BCUT2D eigenvalue weighted by molar-refractivity contribution is -0.117. The number of ether oxygens (including phenoxy) is 1. The standard InChI is InChI=1S/C17H18N2O2/c1-21-13-8-6-12(7-9-13)19-17(20)15-10-11-18-16-5-3-2-4-14(15)16/h2-9,15,18H,10-11H2,1H3,(H,19,20). The van der Waals surface area contributed by atoms with E-state index in [9.17, 15) is 4.79 Å². The van der Waals surface area contributed by atoms with Crippen LogP contribution in [-0.4, -0.2) is 19.6 Å². The zero-order valence-electron chi connectivity index (χ0n) is 11.9. The minimum Gasteiger partial charge on any atom is -0.497 e. The molecule has 4 nitrogen and oxygen atoms in total. The van der Waals surface area contributed by atoms with E-state index in [0.717, 1.165) is 35.7 Å². The molecule has 0 aromatic heterocycles. The minimum atomic E-state index is -0.107. The molecule has 2 aromatic carbocycles. The summed E-state index contributed by atoms with van der Waals surface area (Å²) in [5.41, 5.74) is 2.91. The van der Waals surface area contributed by atoms with Gasteiger partial charge in [-0.25, -0.2) is 0 Å². The van der Waals surface area contributed by atoms with Gasteiger partial charge in [-0.2, -0.15) is 0 Å². The number of hydrogen-bond donors (Lipinski definition) is 2. The molecule has 0 saturated carbocycles. The first-order valence-electron chi connectivity index (χ1n) is 7.05. The maximum Gasteiger partial charge on any atom is 0.232 e. The molecule has 0 spiro atoms. The van der Waals surface area contributed by atoms with Gasteiger partial charge in [-0.15, -0.1) is 0 Å². The van der Waals surface area contributed by atoms with E-state index in [0.29, 0.717) is 0 Å². The summed E-state index contributed by atoms with van der Waals surface area (Å²) in [5, 5.41) is 6.31. The van der Waals surface area contributed by atoms with Crippen molar-refractivity contribution in [2.45, 2.75) is 12.3 Å². The molecule has 1 amide bonds. The molecule has 1 aliphatic rings. The Morgan fingerprint density at radius 1 is 1.19 bits per heavy atom. The minimum absolute atomic E-state index is 0.0362. The van der Waals surface area contributed by atoms with E-state index in [-0.39, 0.29) is 11.8 Å². The number of para-hydroxylation sites is 1. The van der Waals surface area contributed by atoms with Crippen LogP contribution in [0.3, 0.4) is 0 Å². The van der Waals surface area contributed by atoms with Crippen LogP contribution in [0.5, 0.6) is 5.75 Å². The van der Waals surface area contributed by atoms with Gasteiger partial charge in [0, 0.05) is 17.9 Å². The summed E-state index contributed by atoms with van der Waals surface area (Å²) in [6, 6.07) is 15.4. The fourth-order valence-corrected chi connectivity index (χ4v) is 2.64. The van der Waals surface area contributed by atoms with Crippen LogP contribution in [0, 0.1) is 0 Å². The van der Waals surface area contributed by atoms with Crippen LogP contribution < -0.4 is 15.4 Å². The zero-order chi connectivity index (χ0) is 14.7. The summed E-state index contributed by atoms with van der Waals surface area (Å²) in [6.45, 7) is 0.817. The second-order valence-electron chi connectivity index (χ2n) is 5.07. The van der Waals surface area contributed by atoms with Gasteiger partial charge in [-0.05, 0) is 42.3 Å². The van der Waals surface area contributed by atoms with Gasteiger partial charge < -0.3 is 15.4 Å². The Labute approximate surface area is 124 Å². The molecule has 3 rings (SSSR count). The monoisotopic (exact) mass is 282 g/mol. The average molecular weight is 282 g/mol. The second-order valence-corrected chi connectivity index (χ2v) is 5.07. The Hall–Kier alpha value is -2.49. The highest BCUT2D eigenvalue weighted by Crippen LogP contribution is 2.32. The molecular weight excluding hydrogens is 264 g/mol. The van der Waals surface area contributed by atoms with E-state index < -0.39 is 0 Å². The molecule has 1 heterocycles. The van der Waals surface area contributed by atoms with Crippen molar-refractivity contribution < 1.29 is 9.53 Å². The maximum atomic E-state index is 12.5. The van der Waals surface area contributed by atoms with E-state index in [1.54, 1.807) is 7.11 Å². The quantitative estimate of drug-likeness (QED) is 0.908. The highest BCUT2D eigenvalue weighted by Gasteiger charge is 2.26. The summed E-state index contributed by atoms with van der Waals surface area (Å²) >= 11 is 0. The van der Waals surface area contributed by atoms with Gasteiger partial charge in [0.25, 0.3) is 0 Å². The molecule has 108 valence electrons. The zero-order valence-corrected chi connectivity index (χ0v) is 11.9. The van der Waals surface area contributed by atoms with Crippen molar-refractivity contribution in [1.82, 2.24) is 0 Å². The van der Waals surface area contributed by atoms with Gasteiger partial charge >= 0.3 is 0 Å². The fourth-order valence-electron chi connectivity index (χ4n) is 2.64. The number of nitrogens with one attached hydrogen (secondary N) is 2. The molecule has 2 N–H and O–H groups in total. The highest BCUT2D eigenvalue weighted by molar-refractivity contribution is 5.97. The van der Waals surface area contributed by atoms with Crippen molar-refractivity contribution in [2.75, 3.05) is 24.3 Å². The van der Waals surface area contributed by atoms with Gasteiger partial charge in [0.05, 0.1) is 13.0 Å². The fraction of sp³-hybridized carbons (Fsp3) is 0.235. The van der Waals surface area contributed by atoms with Crippen LogP contribution in [0.15, 0.2) is 48.5 Å². The van der Waals surface area contributed by atoms with Crippen LogP contribution >= 0.6 is 0 Å². The van der Waals surface area contributed by atoms with E-state index in [1.807, 2.05) is 48.5 Å². The second kappa shape index (κ2) is 5.87. The maximum absolute atomic E-state index is 12.5. The molecule has 0 bridgehead atoms. The van der Waals surface area contributed by atoms with Crippen molar-refractivity contribution in [3.8, 4) is 5.75 Å². The molecular formula is C17H18N2O2. The molecule has 4 heteroatoms. The molecule has 0 saturated heterocycles. The predicted octanol–water partition coefficient (Wildman–Crippen LogP) is 3.23. The summed E-state index contributed by atoms with van der Waals surface area (Å²) < 4.78 is 5.12. The highest BCUT2D eigenvalue weighted by atomic mass is 16.5. The number of fused-ring (bicyclic) bond motifs is 1. The third-order valence-corrected chi connectivity index (χ3v) is 3.76. The largest absolute Gasteiger partial charge is 0.497 e. The first-order valence-corrected chi connectivity index (χ1v) is 7.05.